The fraction of sp³-hybridized carbons (Fsp3) is 0.211. The molecule has 1 fully saturated rings. The number of hydrogen-bond donors (Lipinski definition) is 5. The molecular weight excluding hydrogens is 1520 g/mol. The summed E-state index contributed by atoms with van der Waals surface area (Å²) in [5.41, 5.74) is 35.4. The Morgan fingerprint density at radius 2 is 0.948 bits per heavy atom. The molecule has 23 nitrogen and oxygen atoms in total. The molecular formula is C90H95Cl3N16O7. The van der Waals surface area contributed by atoms with Gasteiger partial charge in [0.1, 0.15) is 16.5 Å². The van der Waals surface area contributed by atoms with E-state index in [1.54, 1.807) is 81.2 Å². The first-order valence-electron chi connectivity index (χ1n) is 37.3. The molecule has 0 aliphatic carbocycles. The Balaban J connectivity index is 0.000000171. The monoisotopic (exact) mass is 1620 g/mol. The van der Waals surface area contributed by atoms with Crippen LogP contribution in [0.25, 0.3) is 87.4 Å². The van der Waals surface area contributed by atoms with E-state index in [1.165, 1.54) is 43.5 Å². The molecule has 0 bridgehead atoms. The van der Waals surface area contributed by atoms with Crippen molar-refractivity contribution in [2.45, 2.75) is 80.1 Å². The first kappa shape index (κ1) is 87.3. The second-order valence-corrected chi connectivity index (χ2v) is 27.9. The normalized spacial score (nSPS) is 11.1. The topological polar surface area (TPSA) is 332 Å². The van der Waals surface area contributed by atoms with Gasteiger partial charge in [0, 0.05) is 134 Å². The zero-order chi connectivity index (χ0) is 83.5. The van der Waals surface area contributed by atoms with Gasteiger partial charge in [0.25, 0.3) is 5.69 Å². The van der Waals surface area contributed by atoms with Crippen LogP contribution in [0.5, 0.6) is 0 Å². The summed E-state index contributed by atoms with van der Waals surface area (Å²) in [5, 5.41) is 36.2. The lowest BCUT2D eigenvalue weighted by molar-refractivity contribution is -0.383. The predicted octanol–water partition coefficient (Wildman–Crippen LogP) is 20.9. The molecule has 1 aliphatic heterocycles. The maximum atomic E-state index is 11.1. The minimum absolute atomic E-state index is 0. The van der Waals surface area contributed by atoms with E-state index in [9.17, 15) is 25.0 Å². The lowest BCUT2D eigenvalue weighted by Gasteiger charge is -2.11. The number of imidazole rings is 1. The Morgan fingerprint density at radius 3 is 1.47 bits per heavy atom. The third-order valence-electron chi connectivity index (χ3n) is 18.7. The Hall–Kier alpha value is -12.6. The SMILES string of the molecule is C1CCOC1.CN.CNc1c(C)cc2ncccc2c1N.CNc1c(C)cc2ncccc2c1[N+](=O)[O-].COC(=O)CCc1ccc2ccccc2n1.Cc1cc(N)ccc1Cl.Cc1cc2ncccc2c([N+](=O)[O-])c1Cl.Cc1cc2ncccc2c2nc(CCc3ccc4ccccc4n3)n(C)c12.Cc1cc2ncccc2cc1Cl.[HH]. The molecule has 0 atom stereocenters. The van der Waals surface area contributed by atoms with Crippen molar-refractivity contribution >= 4 is 162 Å². The van der Waals surface area contributed by atoms with E-state index in [0.29, 0.717) is 45.9 Å². The number of rotatable bonds is 10. The molecule has 116 heavy (non-hydrogen) atoms. The van der Waals surface area contributed by atoms with E-state index in [-0.39, 0.29) is 28.7 Å². The van der Waals surface area contributed by atoms with E-state index >= 15 is 0 Å². The Morgan fingerprint density at radius 1 is 0.491 bits per heavy atom. The largest absolute Gasteiger partial charge is 0.469 e. The van der Waals surface area contributed by atoms with Gasteiger partial charge in [-0.1, -0.05) is 89.4 Å². The molecule has 17 rings (SSSR count). The molecule has 598 valence electrons. The van der Waals surface area contributed by atoms with Crippen molar-refractivity contribution in [3.05, 3.63) is 305 Å². The van der Waals surface area contributed by atoms with E-state index in [2.05, 4.69) is 106 Å². The average molecular weight is 1620 g/mol. The Labute approximate surface area is 689 Å². The quantitative estimate of drug-likeness (QED) is 0.0367. The van der Waals surface area contributed by atoms with E-state index < -0.39 is 4.92 Å². The van der Waals surface area contributed by atoms with Gasteiger partial charge >= 0.3 is 11.7 Å². The van der Waals surface area contributed by atoms with Gasteiger partial charge < -0.3 is 41.9 Å². The number of carbonyl (C=O) groups is 1. The number of nitro groups is 2. The smallest absolute Gasteiger partial charge is 0.305 e. The van der Waals surface area contributed by atoms with Crippen LogP contribution in [0.15, 0.2) is 219 Å². The van der Waals surface area contributed by atoms with Gasteiger partial charge in [-0.2, -0.15) is 0 Å². The number of anilines is 4. The number of benzene rings is 8. The molecule has 8 aromatic carbocycles. The van der Waals surface area contributed by atoms with E-state index in [4.69, 9.17) is 61.0 Å². The lowest BCUT2D eigenvalue weighted by atomic mass is 10.1. The molecule has 0 unspecified atom stereocenters. The Kier molecular flexibility index (Phi) is 32.0. The number of fused-ring (bicyclic) bond motifs is 9. The molecule has 8 N–H and O–H groups in total. The molecule has 0 spiro atoms. The van der Waals surface area contributed by atoms with Crippen molar-refractivity contribution in [3.8, 4) is 0 Å². The standard InChI is InChI=1S/C23H20N4.C13H13NO2.C11H11N3O2.C11H13N3.C10H7ClN2O2.C10H8ClN.C7H8ClN.C4H8O.CH5N.H2/c1-15-14-20-18(7-5-13-24-20)22-23(15)27(2)21(26-22)12-11-17-10-9-16-6-3-4-8-19(16)25-17;1-16-13(15)9-8-11-7-6-10-4-2-3-5-12(10)14-11;1-7-6-9-8(4-3-5-13-9)11(14(15)16)10(7)12-2;1-7-6-9-8(4-3-5-14-9)10(12)11(7)13-2;1-6-5-8-7(3-2-4-12-8)10(9(6)11)13(14)15;1-7-5-10-8(6-9(7)11)3-2-4-12-10;1-5-4-6(9)2-3-7(5)8;1-2-4-5-3-1;1-2;/h3-10,13-14H,11-12H2,1-2H3;2-7H,8-9H2,1H3;3-6,12H,1-2H3;3-6,13H,12H2,1-2H3;2-5H,1H3;2-6H,1H3;2-4H,9H2,1H3;1-4H2;2H2,1H3;1H. The molecule has 0 saturated carbocycles. The van der Waals surface area contributed by atoms with Gasteiger partial charge in [-0.3, -0.25) is 59.9 Å². The number of ether oxygens (including phenoxy) is 2. The van der Waals surface area contributed by atoms with Crippen LogP contribution in [-0.2, 0) is 40.6 Å². The highest BCUT2D eigenvalue weighted by molar-refractivity contribution is 6.35. The van der Waals surface area contributed by atoms with Crippen LogP contribution in [-0.4, -0.2) is 102 Å². The van der Waals surface area contributed by atoms with Crippen LogP contribution in [0.4, 0.5) is 34.1 Å². The third-order valence-corrected chi connectivity index (χ3v) is 20.0. The number of nitro benzene ring substituents is 2. The first-order chi connectivity index (χ1) is 56.0. The number of nitrogens with zero attached hydrogens (tertiary/aromatic N) is 11. The number of esters is 1. The molecule has 8 aromatic heterocycles. The maximum absolute atomic E-state index is 11.1. The highest BCUT2D eigenvalue weighted by Crippen LogP contribution is 2.37. The van der Waals surface area contributed by atoms with Gasteiger partial charge in [0.05, 0.1) is 95.2 Å². The van der Waals surface area contributed by atoms with Crippen molar-refractivity contribution in [1.29, 1.82) is 0 Å². The van der Waals surface area contributed by atoms with Gasteiger partial charge in [0.2, 0.25) is 0 Å². The van der Waals surface area contributed by atoms with Crippen LogP contribution in [0.1, 0.15) is 71.3 Å². The number of nitrogens with one attached hydrogen (secondary N) is 2. The maximum Gasteiger partial charge on any atom is 0.305 e. The number of nitrogen functional groups attached to an aromatic ring is 2. The van der Waals surface area contributed by atoms with Gasteiger partial charge in [-0.25, -0.2) is 4.98 Å². The molecule has 1 aliphatic rings. The highest BCUT2D eigenvalue weighted by atomic mass is 35.5. The first-order valence-corrected chi connectivity index (χ1v) is 38.4. The van der Waals surface area contributed by atoms with E-state index in [1.807, 2.05) is 150 Å². The highest BCUT2D eigenvalue weighted by Gasteiger charge is 2.22. The Bertz CT molecular complexity index is 6090. The van der Waals surface area contributed by atoms with E-state index in [0.717, 1.165) is 147 Å². The number of para-hydroxylation sites is 2. The number of halogens is 3. The fourth-order valence-electron chi connectivity index (χ4n) is 12.9. The van der Waals surface area contributed by atoms with Crippen LogP contribution >= 0.6 is 34.8 Å². The second kappa shape index (κ2) is 42.5. The van der Waals surface area contributed by atoms with Crippen LogP contribution in [0.2, 0.25) is 15.1 Å². The second-order valence-electron chi connectivity index (χ2n) is 26.7. The number of aryl methyl sites for hydroxylation is 10. The summed E-state index contributed by atoms with van der Waals surface area (Å²) < 4.78 is 11.8. The summed E-state index contributed by atoms with van der Waals surface area (Å²) in [4.78, 5) is 67.5. The zero-order valence-corrected chi connectivity index (χ0v) is 68.9. The number of hydrogen-bond acceptors (Lipinski definition) is 20. The number of aromatic nitrogens is 9. The molecule has 0 radical (unpaired) electrons. The summed E-state index contributed by atoms with van der Waals surface area (Å²) in [5.74, 6) is 0.884. The summed E-state index contributed by atoms with van der Waals surface area (Å²) in [7, 11) is 8.56. The van der Waals surface area contributed by atoms with Crippen molar-refractivity contribution in [3.63, 3.8) is 0 Å². The van der Waals surface area contributed by atoms with Crippen LogP contribution in [0.3, 0.4) is 0 Å². The minimum atomic E-state index is -0.473. The molecule has 26 heteroatoms. The third kappa shape index (κ3) is 22.6. The van der Waals surface area contributed by atoms with Crippen molar-refractivity contribution in [1.82, 2.24) is 44.4 Å². The van der Waals surface area contributed by atoms with Crippen LogP contribution < -0.4 is 27.8 Å². The molecule has 16 aromatic rings. The molecule has 0 amide bonds. The van der Waals surface area contributed by atoms with Crippen molar-refractivity contribution in [2.24, 2.45) is 12.8 Å². The predicted molar refractivity (Wildman–Crippen MR) is 478 cm³/mol. The van der Waals surface area contributed by atoms with Gasteiger partial charge in [-0.15, -0.1) is 0 Å². The molecule has 1 saturated heterocycles. The summed E-state index contributed by atoms with van der Waals surface area (Å²) in [6.07, 6.45) is 13.9. The zero-order valence-electron chi connectivity index (χ0n) is 66.6. The van der Waals surface area contributed by atoms with Crippen LogP contribution in [0, 0.1) is 61.8 Å². The lowest BCUT2D eigenvalue weighted by Crippen LogP contribution is -2.02. The molecule has 9 heterocycles. The van der Waals surface area contributed by atoms with Gasteiger partial charge in [0.15, 0.2) is 0 Å². The average Bonchev–Trinajstić information content (AvgIpc) is 1.56. The summed E-state index contributed by atoms with van der Waals surface area (Å²) >= 11 is 17.6. The van der Waals surface area contributed by atoms with Crippen molar-refractivity contribution < 1.29 is 25.5 Å². The summed E-state index contributed by atoms with van der Waals surface area (Å²) in [6.45, 7) is 13.6. The fourth-order valence-corrected chi connectivity index (χ4v) is 13.4. The minimum Gasteiger partial charge on any atom is -0.469 e. The number of pyridine rings is 7. The van der Waals surface area contributed by atoms with Gasteiger partial charge in [-0.05, 0) is 235 Å². The number of nitrogens with two attached hydrogens (primary N) is 3. The van der Waals surface area contributed by atoms with Crippen molar-refractivity contribution in [2.75, 3.05) is 63.6 Å². The number of methoxy groups -OCH3 is 1. The number of carbonyl (C=O) groups excluding carboxylic acids is 1. The summed E-state index contributed by atoms with van der Waals surface area (Å²) in [6, 6.07) is 60.1.